The molecule has 1 aromatic heterocycles. The fraction of sp³-hybridized carbons (Fsp3) is 0.344. The van der Waals surface area contributed by atoms with E-state index in [1.165, 1.54) is 28.0 Å². The summed E-state index contributed by atoms with van der Waals surface area (Å²) in [6.07, 6.45) is 4.08. The van der Waals surface area contributed by atoms with Gasteiger partial charge in [0.05, 0.1) is 42.2 Å². The van der Waals surface area contributed by atoms with Crippen LogP contribution in [0.1, 0.15) is 51.3 Å². The second kappa shape index (κ2) is 13.6. The highest BCUT2D eigenvalue weighted by molar-refractivity contribution is 7.07. The van der Waals surface area contributed by atoms with E-state index in [0.29, 0.717) is 62.5 Å². The van der Waals surface area contributed by atoms with Gasteiger partial charge in [-0.05, 0) is 67.7 Å². The number of esters is 1. The first-order valence-corrected chi connectivity index (χ1v) is 14.6. The Bertz CT molecular complexity index is 1680. The zero-order chi connectivity index (χ0) is 30.4. The zero-order valence-corrected chi connectivity index (χ0v) is 25.3. The molecular formula is C32H36N2O7S. The number of nitrogens with zero attached hydrogens (tertiary/aromatic N) is 2. The minimum absolute atomic E-state index is 0.0133. The number of ether oxygens (including phenoxy) is 4. The maximum atomic E-state index is 13.9. The maximum Gasteiger partial charge on any atom is 0.338 e. The zero-order valence-electron chi connectivity index (χ0n) is 24.5. The molecule has 3 aromatic rings. The highest BCUT2D eigenvalue weighted by Crippen LogP contribution is 2.36. The van der Waals surface area contributed by atoms with Crippen LogP contribution in [0.15, 0.2) is 70.1 Å². The average Bonchev–Trinajstić information content (AvgIpc) is 3.26. The summed E-state index contributed by atoms with van der Waals surface area (Å²) in [5, 5.41) is 10.1. The van der Waals surface area contributed by atoms with Crippen LogP contribution in [0.5, 0.6) is 23.0 Å². The summed E-state index contributed by atoms with van der Waals surface area (Å²) < 4.78 is 24.5. The maximum absolute atomic E-state index is 13.9. The van der Waals surface area contributed by atoms with Crippen molar-refractivity contribution in [3.8, 4) is 23.0 Å². The number of hydrogen-bond acceptors (Lipinski definition) is 9. The van der Waals surface area contributed by atoms with Gasteiger partial charge in [-0.2, -0.15) is 0 Å². The van der Waals surface area contributed by atoms with E-state index in [-0.39, 0.29) is 23.5 Å². The van der Waals surface area contributed by atoms with Crippen LogP contribution in [-0.4, -0.2) is 42.6 Å². The fourth-order valence-electron chi connectivity index (χ4n) is 4.53. The van der Waals surface area contributed by atoms with Crippen LogP contribution < -0.4 is 29.1 Å². The molecule has 0 saturated carbocycles. The Labute approximate surface area is 248 Å². The molecule has 0 radical (unpaired) electrons. The van der Waals surface area contributed by atoms with Gasteiger partial charge in [-0.1, -0.05) is 50.0 Å². The van der Waals surface area contributed by atoms with E-state index in [9.17, 15) is 14.7 Å². The third-order valence-corrected chi connectivity index (χ3v) is 7.59. The summed E-state index contributed by atoms with van der Waals surface area (Å²) >= 11 is 1.21. The largest absolute Gasteiger partial charge is 0.504 e. The Morgan fingerprint density at radius 2 is 1.95 bits per heavy atom. The number of rotatable bonds is 12. The number of phenolic OH excluding ortho intramolecular Hbond substituents is 1. The highest BCUT2D eigenvalue weighted by Gasteiger charge is 2.34. The van der Waals surface area contributed by atoms with E-state index in [1.54, 1.807) is 44.4 Å². The third kappa shape index (κ3) is 6.60. The van der Waals surface area contributed by atoms with Gasteiger partial charge in [0, 0.05) is 0 Å². The van der Waals surface area contributed by atoms with E-state index in [4.69, 9.17) is 18.9 Å². The monoisotopic (exact) mass is 592 g/mol. The SMILES string of the molecule is C=CCOC(=O)C1=C(C)N=c2sc(=Cc3ccc(O)c(OCC)c3)c(=O)n2C1c1ccc(OCCC(C)C)c(OC)c1. The number of methoxy groups -OCH3 is 1. The molecule has 1 aliphatic rings. The van der Waals surface area contributed by atoms with Gasteiger partial charge in [0.2, 0.25) is 0 Å². The quantitative estimate of drug-likeness (QED) is 0.244. The molecule has 0 bridgehead atoms. The number of aromatic hydroxyl groups is 1. The van der Waals surface area contributed by atoms with Crippen molar-refractivity contribution in [1.29, 1.82) is 0 Å². The van der Waals surface area contributed by atoms with Crippen molar-refractivity contribution in [2.24, 2.45) is 10.9 Å². The smallest absolute Gasteiger partial charge is 0.338 e. The number of benzene rings is 2. The van der Waals surface area contributed by atoms with Crippen molar-refractivity contribution >= 4 is 23.4 Å². The topological polar surface area (TPSA) is 109 Å². The summed E-state index contributed by atoms with van der Waals surface area (Å²) in [4.78, 5) is 32.3. The summed E-state index contributed by atoms with van der Waals surface area (Å²) in [6.45, 7) is 12.4. The van der Waals surface area contributed by atoms with Gasteiger partial charge in [-0.15, -0.1) is 0 Å². The van der Waals surface area contributed by atoms with E-state index in [1.807, 2.05) is 13.0 Å². The van der Waals surface area contributed by atoms with E-state index in [0.717, 1.165) is 6.42 Å². The minimum Gasteiger partial charge on any atom is -0.504 e. The van der Waals surface area contributed by atoms with Gasteiger partial charge in [-0.25, -0.2) is 9.79 Å². The molecule has 0 amide bonds. The van der Waals surface area contributed by atoms with Crippen molar-refractivity contribution in [1.82, 2.24) is 4.57 Å². The number of phenols is 1. The lowest BCUT2D eigenvalue weighted by molar-refractivity contribution is -0.138. The van der Waals surface area contributed by atoms with Gasteiger partial charge in [0.15, 0.2) is 27.8 Å². The molecule has 0 aliphatic carbocycles. The number of carbonyl (C=O) groups excluding carboxylic acids is 1. The molecule has 42 heavy (non-hydrogen) atoms. The molecule has 0 saturated heterocycles. The van der Waals surface area contributed by atoms with Crippen LogP contribution in [0.25, 0.3) is 6.08 Å². The van der Waals surface area contributed by atoms with Crippen LogP contribution >= 0.6 is 11.3 Å². The highest BCUT2D eigenvalue weighted by atomic mass is 32.1. The van der Waals surface area contributed by atoms with Crippen LogP contribution in [0.2, 0.25) is 0 Å². The molecule has 1 unspecified atom stereocenters. The van der Waals surface area contributed by atoms with E-state index < -0.39 is 12.0 Å². The first kappa shape index (κ1) is 30.6. The lowest BCUT2D eigenvalue weighted by atomic mass is 9.95. The fourth-order valence-corrected chi connectivity index (χ4v) is 5.58. The molecule has 10 heteroatoms. The number of fused-ring (bicyclic) bond motifs is 1. The van der Waals surface area contributed by atoms with Gasteiger partial charge in [0.25, 0.3) is 5.56 Å². The summed E-state index contributed by atoms with van der Waals surface area (Å²) in [5.74, 6) is 1.29. The first-order chi connectivity index (χ1) is 20.2. The predicted octanol–water partition coefficient (Wildman–Crippen LogP) is 4.50. The predicted molar refractivity (Wildman–Crippen MR) is 162 cm³/mol. The summed E-state index contributed by atoms with van der Waals surface area (Å²) in [7, 11) is 1.55. The van der Waals surface area contributed by atoms with Gasteiger partial charge in [-0.3, -0.25) is 9.36 Å². The van der Waals surface area contributed by atoms with E-state index >= 15 is 0 Å². The Balaban J connectivity index is 1.86. The molecule has 9 nitrogen and oxygen atoms in total. The number of aromatic nitrogens is 1. The van der Waals surface area contributed by atoms with Crippen LogP contribution in [-0.2, 0) is 9.53 Å². The van der Waals surface area contributed by atoms with Crippen molar-refractivity contribution in [3.05, 3.63) is 91.1 Å². The molecule has 1 aliphatic heterocycles. The molecule has 0 spiro atoms. The first-order valence-electron chi connectivity index (χ1n) is 13.8. The molecule has 222 valence electrons. The van der Waals surface area contributed by atoms with Gasteiger partial charge in [0.1, 0.15) is 6.61 Å². The van der Waals surface area contributed by atoms with Crippen LogP contribution in [0, 0.1) is 5.92 Å². The van der Waals surface area contributed by atoms with Gasteiger partial charge < -0.3 is 24.1 Å². The molecule has 4 rings (SSSR count). The van der Waals surface area contributed by atoms with Crippen LogP contribution in [0.4, 0.5) is 0 Å². The molecule has 0 fully saturated rings. The Kier molecular flexibility index (Phi) is 9.90. The normalized spacial score (nSPS) is 14.8. The molecule has 2 aromatic carbocycles. The van der Waals surface area contributed by atoms with E-state index in [2.05, 4.69) is 25.4 Å². The van der Waals surface area contributed by atoms with Crippen molar-refractivity contribution < 1.29 is 28.8 Å². The van der Waals surface area contributed by atoms with Crippen molar-refractivity contribution in [2.45, 2.75) is 40.2 Å². The van der Waals surface area contributed by atoms with Crippen molar-refractivity contribution in [2.75, 3.05) is 26.9 Å². The molecule has 2 heterocycles. The number of allylic oxidation sites excluding steroid dienone is 1. The Morgan fingerprint density at radius 1 is 1.17 bits per heavy atom. The standard InChI is InChI=1S/C32H36N2O7S/c1-7-14-41-31(37)28-20(5)33-32-34(29(28)22-10-12-24(26(18-22)38-6)40-15-13-19(3)4)30(36)27(42-32)17-21-9-11-23(35)25(16-21)39-8-2/h7,9-12,16-19,29,35H,1,8,13-15H2,2-6H3. The second-order valence-electron chi connectivity index (χ2n) is 10.1. The summed E-state index contributed by atoms with van der Waals surface area (Å²) in [6, 6.07) is 9.45. The Morgan fingerprint density at radius 3 is 2.64 bits per heavy atom. The molecular weight excluding hydrogens is 556 g/mol. The lowest BCUT2D eigenvalue weighted by Gasteiger charge is -2.25. The van der Waals surface area contributed by atoms with Gasteiger partial charge >= 0.3 is 5.97 Å². The number of thiazole rings is 1. The lowest BCUT2D eigenvalue weighted by Crippen LogP contribution is -2.40. The minimum atomic E-state index is -0.821. The number of hydrogen-bond donors (Lipinski definition) is 1. The summed E-state index contributed by atoms with van der Waals surface area (Å²) in [5.41, 5.74) is 1.67. The van der Waals surface area contributed by atoms with Crippen molar-refractivity contribution in [3.63, 3.8) is 0 Å². The second-order valence-corrected chi connectivity index (χ2v) is 11.1. The molecule has 1 N–H and O–H groups in total. The Hall–Kier alpha value is -4.31. The average molecular weight is 593 g/mol. The third-order valence-electron chi connectivity index (χ3n) is 6.61. The number of carbonyl (C=O) groups is 1. The molecule has 1 atom stereocenters. The van der Waals surface area contributed by atoms with Crippen LogP contribution in [0.3, 0.4) is 0 Å².